The molecule has 0 amide bonds. The number of carbonyl (C=O) groups excluding carboxylic acids is 1. The number of alkyl halides is 3. The average molecular weight is 452 g/mol. The molecule has 9 nitrogen and oxygen atoms in total. The minimum atomic E-state index is -5.08. The van der Waals surface area contributed by atoms with E-state index in [1.54, 1.807) is 4.90 Å². The van der Waals surface area contributed by atoms with Crippen LogP contribution in [0.25, 0.3) is 11.4 Å². The highest BCUT2D eigenvalue weighted by atomic mass is 35.5. The molecule has 1 fully saturated rings. The molecule has 2 aromatic heterocycles. The molecule has 0 unspecified atom stereocenters. The summed E-state index contributed by atoms with van der Waals surface area (Å²) in [7, 11) is 0. The van der Waals surface area contributed by atoms with Crippen LogP contribution in [0, 0.1) is 5.95 Å². The van der Waals surface area contributed by atoms with Crippen LogP contribution in [-0.2, 0) is 9.59 Å². The number of carboxylic acids is 1. The third-order valence-electron chi connectivity index (χ3n) is 3.64. The number of aromatic nitrogens is 3. The first kappa shape index (κ1) is 23.2. The Bertz CT molecular complexity index is 998. The average Bonchev–Trinajstić information content (AvgIpc) is 2.88. The lowest BCUT2D eigenvalue weighted by atomic mass is 10.2. The van der Waals surface area contributed by atoms with Crippen molar-refractivity contribution in [1.82, 2.24) is 20.3 Å². The molecule has 0 saturated carbocycles. The summed E-state index contributed by atoms with van der Waals surface area (Å²) in [6, 6.07) is 2.68. The van der Waals surface area contributed by atoms with Gasteiger partial charge in [-0.1, -0.05) is 11.6 Å². The van der Waals surface area contributed by atoms with Crippen molar-refractivity contribution in [3.05, 3.63) is 39.7 Å². The summed E-state index contributed by atoms with van der Waals surface area (Å²) >= 11 is 6.05. The number of hydrogen-bond acceptors (Lipinski definition) is 7. The normalized spacial score (nSPS) is 14.6. The van der Waals surface area contributed by atoms with Gasteiger partial charge < -0.3 is 20.3 Å². The van der Waals surface area contributed by atoms with E-state index in [4.69, 9.17) is 21.5 Å². The summed E-state index contributed by atoms with van der Waals surface area (Å²) < 4.78 is 45.0. The van der Waals surface area contributed by atoms with Gasteiger partial charge in [-0.25, -0.2) is 14.8 Å². The van der Waals surface area contributed by atoms with Crippen LogP contribution in [0.3, 0.4) is 0 Å². The highest BCUT2D eigenvalue weighted by Gasteiger charge is 2.38. The second-order valence-electron chi connectivity index (χ2n) is 5.86. The Morgan fingerprint density at radius 3 is 2.57 bits per heavy atom. The van der Waals surface area contributed by atoms with E-state index in [1.807, 2.05) is 0 Å². The molecule has 0 aliphatic carbocycles. The Morgan fingerprint density at radius 2 is 1.97 bits per heavy atom. The molecule has 1 aliphatic rings. The van der Waals surface area contributed by atoms with Gasteiger partial charge in [0.2, 0.25) is 5.95 Å². The Morgan fingerprint density at radius 1 is 1.30 bits per heavy atom. The number of ketones is 1. The van der Waals surface area contributed by atoms with Gasteiger partial charge in [0.25, 0.3) is 5.56 Å². The van der Waals surface area contributed by atoms with Crippen molar-refractivity contribution in [2.45, 2.75) is 6.18 Å². The minimum Gasteiger partial charge on any atom is -0.475 e. The van der Waals surface area contributed by atoms with E-state index in [2.05, 4.69) is 20.3 Å². The zero-order chi connectivity index (χ0) is 22.5. The standard InChI is InChI=1S/C14H13ClFN5O2.C2HF3O2/c15-11-13(21-4-3-17-6-9(22)7-21)19-12(20-14(11)23)8-1-2-18-10(16)5-8;3-2(4,5)1(6)7/h1-2,5,17H,3-4,6-7H2,(H,19,20,23);(H,6,7). The molecular weight excluding hydrogens is 438 g/mol. The molecule has 0 spiro atoms. The van der Waals surface area contributed by atoms with Crippen LogP contribution in [0.1, 0.15) is 0 Å². The van der Waals surface area contributed by atoms with E-state index in [9.17, 15) is 27.2 Å². The SMILES string of the molecule is O=C(O)C(F)(F)F.O=C1CNCCN(c2nc(-c3ccnc(F)c3)[nH]c(=O)c2Cl)C1. The van der Waals surface area contributed by atoms with Gasteiger partial charge in [-0.3, -0.25) is 9.59 Å². The van der Waals surface area contributed by atoms with Crippen LogP contribution in [0.15, 0.2) is 23.1 Å². The van der Waals surface area contributed by atoms with Gasteiger partial charge in [0, 0.05) is 30.9 Å². The summed E-state index contributed by atoms with van der Waals surface area (Å²) in [5.74, 6) is -3.10. The molecule has 0 bridgehead atoms. The fourth-order valence-electron chi connectivity index (χ4n) is 2.31. The number of nitrogens with one attached hydrogen (secondary N) is 2. The molecule has 30 heavy (non-hydrogen) atoms. The van der Waals surface area contributed by atoms with Crippen LogP contribution in [0.4, 0.5) is 23.4 Å². The van der Waals surface area contributed by atoms with Gasteiger partial charge in [0.15, 0.2) is 11.6 Å². The number of nitrogens with zero attached hydrogens (tertiary/aromatic N) is 3. The molecule has 0 aromatic carbocycles. The van der Waals surface area contributed by atoms with Crippen molar-refractivity contribution in [2.75, 3.05) is 31.1 Å². The van der Waals surface area contributed by atoms with Crippen LogP contribution < -0.4 is 15.8 Å². The lowest BCUT2D eigenvalue weighted by molar-refractivity contribution is -0.192. The van der Waals surface area contributed by atoms with Crippen LogP contribution in [0.5, 0.6) is 0 Å². The van der Waals surface area contributed by atoms with Gasteiger partial charge in [-0.15, -0.1) is 0 Å². The van der Waals surface area contributed by atoms with Gasteiger partial charge >= 0.3 is 12.1 Å². The largest absolute Gasteiger partial charge is 0.490 e. The molecule has 1 aliphatic heterocycles. The topological polar surface area (TPSA) is 128 Å². The van der Waals surface area contributed by atoms with Gasteiger partial charge in [-0.2, -0.15) is 17.6 Å². The van der Waals surface area contributed by atoms with Crippen molar-refractivity contribution in [1.29, 1.82) is 0 Å². The van der Waals surface area contributed by atoms with E-state index >= 15 is 0 Å². The maximum absolute atomic E-state index is 13.3. The number of carboxylic acid groups (broad SMARTS) is 1. The number of aromatic amines is 1. The first-order valence-corrected chi connectivity index (χ1v) is 8.56. The fraction of sp³-hybridized carbons (Fsp3) is 0.312. The maximum atomic E-state index is 13.3. The molecule has 0 atom stereocenters. The van der Waals surface area contributed by atoms with E-state index in [0.29, 0.717) is 18.7 Å². The molecular formula is C16H14ClF4N5O4. The van der Waals surface area contributed by atoms with E-state index in [1.165, 1.54) is 12.3 Å². The van der Waals surface area contributed by atoms with Gasteiger partial charge in [-0.05, 0) is 6.07 Å². The van der Waals surface area contributed by atoms with E-state index in [-0.39, 0.29) is 35.5 Å². The van der Waals surface area contributed by atoms with E-state index < -0.39 is 23.7 Å². The first-order chi connectivity index (χ1) is 14.0. The highest BCUT2D eigenvalue weighted by Crippen LogP contribution is 2.23. The molecule has 162 valence electrons. The zero-order valence-corrected chi connectivity index (χ0v) is 15.7. The predicted molar refractivity (Wildman–Crippen MR) is 96.8 cm³/mol. The molecule has 2 aromatic rings. The van der Waals surface area contributed by atoms with Crippen molar-refractivity contribution in [3.63, 3.8) is 0 Å². The van der Waals surface area contributed by atoms with Gasteiger partial charge in [0.05, 0.1) is 13.1 Å². The number of carbonyl (C=O) groups is 2. The Labute approximate surface area is 170 Å². The summed E-state index contributed by atoms with van der Waals surface area (Å²) in [5, 5.41) is 10.0. The molecule has 0 radical (unpaired) electrons. The van der Waals surface area contributed by atoms with Crippen molar-refractivity contribution in [2.24, 2.45) is 0 Å². The van der Waals surface area contributed by atoms with Crippen LogP contribution in [-0.4, -0.2) is 64.2 Å². The van der Waals surface area contributed by atoms with Crippen LogP contribution in [0.2, 0.25) is 5.02 Å². The minimum absolute atomic E-state index is 0.0304. The quantitative estimate of drug-likeness (QED) is 0.459. The molecule has 1 saturated heterocycles. The number of Topliss-reactive ketones (excluding diaryl/α,β-unsaturated/α-hetero) is 1. The summed E-state index contributed by atoms with van der Waals surface area (Å²) in [5.41, 5.74) is -0.180. The van der Waals surface area contributed by atoms with Crippen molar-refractivity contribution >= 4 is 29.2 Å². The molecule has 3 heterocycles. The zero-order valence-electron chi connectivity index (χ0n) is 15.0. The van der Waals surface area contributed by atoms with Gasteiger partial charge in [0.1, 0.15) is 10.8 Å². The number of pyridine rings is 1. The monoisotopic (exact) mass is 451 g/mol. The molecule has 14 heteroatoms. The summed E-state index contributed by atoms with van der Waals surface area (Å²) in [6.07, 6.45) is -3.81. The number of rotatable bonds is 2. The number of H-pyrrole nitrogens is 1. The Balaban J connectivity index is 0.000000396. The Hall–Kier alpha value is -3.06. The number of aliphatic carboxylic acids is 1. The maximum Gasteiger partial charge on any atom is 0.490 e. The first-order valence-electron chi connectivity index (χ1n) is 8.18. The summed E-state index contributed by atoms with van der Waals surface area (Å²) in [4.78, 5) is 44.6. The third-order valence-corrected chi connectivity index (χ3v) is 3.98. The number of halogens is 5. The second-order valence-corrected chi connectivity index (χ2v) is 6.24. The molecule has 3 rings (SSSR count). The second kappa shape index (κ2) is 9.63. The highest BCUT2D eigenvalue weighted by molar-refractivity contribution is 6.32. The number of anilines is 1. The van der Waals surface area contributed by atoms with Crippen molar-refractivity contribution in [3.8, 4) is 11.4 Å². The predicted octanol–water partition coefficient (Wildman–Crippen LogP) is 1.24. The van der Waals surface area contributed by atoms with Crippen LogP contribution >= 0.6 is 11.6 Å². The number of hydrogen-bond donors (Lipinski definition) is 3. The van der Waals surface area contributed by atoms with E-state index in [0.717, 1.165) is 6.07 Å². The Kier molecular flexibility index (Phi) is 7.45. The summed E-state index contributed by atoms with van der Waals surface area (Å²) in [6.45, 7) is 1.41. The lowest BCUT2D eigenvalue weighted by Gasteiger charge is -2.21. The smallest absolute Gasteiger partial charge is 0.475 e. The third kappa shape index (κ3) is 6.22. The van der Waals surface area contributed by atoms with Crippen molar-refractivity contribution < 1.29 is 32.3 Å². The lowest BCUT2D eigenvalue weighted by Crippen LogP contribution is -2.32. The fourth-order valence-corrected chi connectivity index (χ4v) is 2.52. The molecule has 3 N–H and O–H groups in total.